The Morgan fingerprint density at radius 2 is 1.62 bits per heavy atom. The second-order valence-corrected chi connectivity index (χ2v) is 7.28. The van der Waals surface area contributed by atoms with Gasteiger partial charge in [-0.05, 0) is 81.5 Å². The van der Waals surface area contributed by atoms with E-state index in [1.165, 1.54) is 25.3 Å². The average Bonchev–Trinajstić information content (AvgIpc) is 2.75. The van der Waals surface area contributed by atoms with Crippen molar-refractivity contribution in [3.05, 3.63) is 76.9 Å². The van der Waals surface area contributed by atoms with Crippen LogP contribution in [0.3, 0.4) is 0 Å². The van der Waals surface area contributed by atoms with E-state index in [2.05, 4.69) is 16.7 Å². The Bertz CT molecular complexity index is 929. The molecule has 0 spiro atoms. The van der Waals surface area contributed by atoms with E-state index in [4.69, 9.17) is 0 Å². The third-order valence-corrected chi connectivity index (χ3v) is 5.05. The Morgan fingerprint density at radius 3 is 2.28 bits per heavy atom. The molecule has 5 nitrogen and oxygen atoms in total. The molecule has 2 amide bonds. The molecule has 150 valence electrons. The molecule has 2 aromatic rings. The molecule has 0 saturated carbocycles. The molecule has 1 aliphatic carbocycles. The van der Waals surface area contributed by atoms with E-state index in [1.54, 1.807) is 48.5 Å². The summed E-state index contributed by atoms with van der Waals surface area (Å²) in [7, 11) is 0. The van der Waals surface area contributed by atoms with Crippen molar-refractivity contribution in [2.75, 3.05) is 11.9 Å². The number of carbonyl (C=O) groups is 3. The summed E-state index contributed by atoms with van der Waals surface area (Å²) in [6.45, 7) is 2.10. The van der Waals surface area contributed by atoms with E-state index >= 15 is 0 Å². The lowest BCUT2D eigenvalue weighted by Gasteiger charge is -2.13. The van der Waals surface area contributed by atoms with Gasteiger partial charge in [0.2, 0.25) is 0 Å². The molecule has 0 bridgehead atoms. The molecule has 2 aromatic carbocycles. The summed E-state index contributed by atoms with van der Waals surface area (Å²) in [4.78, 5) is 36.3. The monoisotopic (exact) mass is 390 g/mol. The number of benzene rings is 2. The lowest BCUT2D eigenvalue weighted by molar-refractivity contribution is 0.0953. The largest absolute Gasteiger partial charge is 0.352 e. The molecule has 0 atom stereocenters. The molecule has 3 rings (SSSR count). The van der Waals surface area contributed by atoms with Crippen molar-refractivity contribution >= 4 is 23.3 Å². The number of allylic oxidation sites excluding steroid dienone is 1. The quantitative estimate of drug-likeness (QED) is 0.529. The SMILES string of the molecule is CC(=O)c1ccc(NC(=O)c2cccc(C(=O)NCCC3=CCCCC3)c2)cc1. The fourth-order valence-corrected chi connectivity index (χ4v) is 3.36. The number of anilines is 1. The normalized spacial score (nSPS) is 13.3. The lowest BCUT2D eigenvalue weighted by Crippen LogP contribution is -2.25. The van der Waals surface area contributed by atoms with E-state index in [0.717, 1.165) is 19.3 Å². The van der Waals surface area contributed by atoms with E-state index in [-0.39, 0.29) is 17.6 Å². The highest BCUT2D eigenvalue weighted by Gasteiger charge is 2.11. The Hall–Kier alpha value is -3.21. The molecule has 0 saturated heterocycles. The average molecular weight is 390 g/mol. The van der Waals surface area contributed by atoms with Crippen molar-refractivity contribution < 1.29 is 14.4 Å². The zero-order valence-corrected chi connectivity index (χ0v) is 16.7. The highest BCUT2D eigenvalue weighted by molar-refractivity contribution is 6.06. The molecule has 0 unspecified atom stereocenters. The van der Waals surface area contributed by atoms with Crippen molar-refractivity contribution in [3.63, 3.8) is 0 Å². The number of nitrogens with one attached hydrogen (secondary N) is 2. The fourth-order valence-electron chi connectivity index (χ4n) is 3.36. The maximum absolute atomic E-state index is 12.5. The van der Waals surface area contributed by atoms with Crippen LogP contribution in [0.4, 0.5) is 5.69 Å². The third kappa shape index (κ3) is 5.88. The number of Topliss-reactive ketones (excluding diaryl/α,β-unsaturated/α-hetero) is 1. The van der Waals surface area contributed by atoms with Gasteiger partial charge in [-0.25, -0.2) is 0 Å². The van der Waals surface area contributed by atoms with Crippen LogP contribution in [0.2, 0.25) is 0 Å². The number of rotatable bonds is 7. The molecule has 5 heteroatoms. The minimum atomic E-state index is -0.303. The Balaban J connectivity index is 1.57. The van der Waals surface area contributed by atoms with Gasteiger partial charge >= 0.3 is 0 Å². The van der Waals surface area contributed by atoms with Crippen LogP contribution in [0, 0.1) is 0 Å². The summed E-state index contributed by atoms with van der Waals surface area (Å²) in [6.07, 6.45) is 7.91. The third-order valence-electron chi connectivity index (χ3n) is 5.05. The molecule has 0 aliphatic heterocycles. The first-order valence-corrected chi connectivity index (χ1v) is 10.0. The summed E-state index contributed by atoms with van der Waals surface area (Å²) >= 11 is 0. The van der Waals surface area contributed by atoms with Gasteiger partial charge in [0, 0.05) is 28.9 Å². The molecule has 29 heavy (non-hydrogen) atoms. The topological polar surface area (TPSA) is 75.3 Å². The predicted molar refractivity (Wildman–Crippen MR) is 114 cm³/mol. The first kappa shape index (κ1) is 20.5. The Labute approximate surface area is 171 Å². The Kier molecular flexibility index (Phi) is 6.95. The van der Waals surface area contributed by atoms with Gasteiger partial charge in [0.05, 0.1) is 0 Å². The second kappa shape index (κ2) is 9.82. The first-order chi connectivity index (χ1) is 14.0. The van der Waals surface area contributed by atoms with E-state index in [9.17, 15) is 14.4 Å². The molecular weight excluding hydrogens is 364 g/mol. The van der Waals surface area contributed by atoms with Crippen molar-refractivity contribution in [1.29, 1.82) is 0 Å². The van der Waals surface area contributed by atoms with Crippen LogP contribution in [0.15, 0.2) is 60.2 Å². The second-order valence-electron chi connectivity index (χ2n) is 7.28. The van der Waals surface area contributed by atoms with Crippen molar-refractivity contribution in [3.8, 4) is 0 Å². The van der Waals surface area contributed by atoms with E-state index in [0.29, 0.717) is 28.9 Å². The highest BCUT2D eigenvalue weighted by atomic mass is 16.2. The lowest BCUT2D eigenvalue weighted by atomic mass is 9.97. The van der Waals surface area contributed by atoms with E-state index < -0.39 is 0 Å². The molecular formula is C24H26N2O3. The van der Waals surface area contributed by atoms with Crippen LogP contribution >= 0.6 is 0 Å². The van der Waals surface area contributed by atoms with E-state index in [1.807, 2.05) is 0 Å². The summed E-state index contributed by atoms with van der Waals surface area (Å²) < 4.78 is 0. The van der Waals surface area contributed by atoms with Gasteiger partial charge in [0.1, 0.15) is 0 Å². The van der Waals surface area contributed by atoms with Gasteiger partial charge in [-0.2, -0.15) is 0 Å². The molecule has 2 N–H and O–H groups in total. The van der Waals surface area contributed by atoms with Crippen molar-refractivity contribution in [1.82, 2.24) is 5.32 Å². The van der Waals surface area contributed by atoms with Gasteiger partial charge < -0.3 is 10.6 Å². The maximum atomic E-state index is 12.5. The predicted octanol–water partition coefficient (Wildman–Crippen LogP) is 4.76. The first-order valence-electron chi connectivity index (χ1n) is 10.0. The Morgan fingerprint density at radius 1 is 0.897 bits per heavy atom. The summed E-state index contributed by atoms with van der Waals surface area (Å²) in [6, 6.07) is 13.4. The van der Waals surface area contributed by atoms with Gasteiger partial charge in [-0.1, -0.05) is 17.7 Å². The van der Waals surface area contributed by atoms with Gasteiger partial charge in [0.15, 0.2) is 5.78 Å². The fraction of sp³-hybridized carbons (Fsp3) is 0.292. The molecule has 0 radical (unpaired) electrons. The molecule has 0 aromatic heterocycles. The molecule has 0 heterocycles. The van der Waals surface area contributed by atoms with Gasteiger partial charge in [0.25, 0.3) is 11.8 Å². The number of hydrogen-bond acceptors (Lipinski definition) is 3. The van der Waals surface area contributed by atoms with Gasteiger partial charge in [-0.3, -0.25) is 14.4 Å². The van der Waals surface area contributed by atoms with Crippen molar-refractivity contribution in [2.45, 2.75) is 39.0 Å². The molecule has 0 fully saturated rings. The number of ketones is 1. The van der Waals surface area contributed by atoms with Crippen molar-refractivity contribution in [2.24, 2.45) is 0 Å². The summed E-state index contributed by atoms with van der Waals surface area (Å²) in [5.74, 6) is -0.508. The molecule has 1 aliphatic rings. The summed E-state index contributed by atoms with van der Waals surface area (Å²) in [5.41, 5.74) is 3.47. The zero-order valence-electron chi connectivity index (χ0n) is 16.7. The maximum Gasteiger partial charge on any atom is 0.255 e. The van der Waals surface area contributed by atoms with Crippen LogP contribution in [0.25, 0.3) is 0 Å². The summed E-state index contributed by atoms with van der Waals surface area (Å²) in [5, 5.41) is 5.72. The van der Waals surface area contributed by atoms with Gasteiger partial charge in [-0.15, -0.1) is 0 Å². The van der Waals surface area contributed by atoms with Crippen LogP contribution in [-0.4, -0.2) is 24.1 Å². The number of amides is 2. The number of hydrogen-bond donors (Lipinski definition) is 2. The zero-order chi connectivity index (χ0) is 20.6. The minimum Gasteiger partial charge on any atom is -0.352 e. The van der Waals surface area contributed by atoms with Crippen LogP contribution < -0.4 is 10.6 Å². The standard InChI is InChI=1S/C24H26N2O3/c1-17(27)19-10-12-22(13-11-19)26-24(29)21-9-5-8-20(16-21)23(28)25-15-14-18-6-3-2-4-7-18/h5-6,8-13,16H,2-4,7,14-15H2,1H3,(H,25,28)(H,26,29). The highest BCUT2D eigenvalue weighted by Crippen LogP contribution is 2.19. The minimum absolute atomic E-state index is 0.0265. The smallest absolute Gasteiger partial charge is 0.255 e. The van der Waals surface area contributed by atoms with Crippen LogP contribution in [-0.2, 0) is 0 Å². The number of carbonyl (C=O) groups excluding carboxylic acids is 3. The van der Waals surface area contributed by atoms with Crippen LogP contribution in [0.1, 0.15) is 70.1 Å². The van der Waals surface area contributed by atoms with Crippen LogP contribution in [0.5, 0.6) is 0 Å².